The highest BCUT2D eigenvalue weighted by Gasteiger charge is 1.99. The van der Waals surface area contributed by atoms with E-state index < -0.39 is 0 Å². The molecule has 0 bridgehead atoms. The van der Waals surface area contributed by atoms with Crippen molar-refractivity contribution in [2.45, 2.75) is 13.5 Å². The van der Waals surface area contributed by atoms with Gasteiger partial charge in [0, 0.05) is 19.7 Å². The van der Waals surface area contributed by atoms with Gasteiger partial charge in [-0.15, -0.1) is 0 Å². The zero-order valence-electron chi connectivity index (χ0n) is 8.79. The lowest BCUT2D eigenvalue weighted by molar-refractivity contribution is -0.119. The van der Waals surface area contributed by atoms with Gasteiger partial charge in [-0.1, -0.05) is 6.07 Å². The lowest BCUT2D eigenvalue weighted by Gasteiger charge is -2.03. The van der Waals surface area contributed by atoms with E-state index >= 15 is 0 Å². The van der Waals surface area contributed by atoms with E-state index in [4.69, 9.17) is 0 Å². The third-order valence-electron chi connectivity index (χ3n) is 2.00. The first kappa shape index (κ1) is 10.3. The standard InChI is InChI=1S/C10H11N5O/c1-8(16)12-4-9-2-3-10(13-5-9)15-7-11-6-14-15/h2-3,5-7H,4H2,1H3,(H,12,16). The summed E-state index contributed by atoms with van der Waals surface area (Å²) in [7, 11) is 0. The van der Waals surface area contributed by atoms with Gasteiger partial charge in [0.1, 0.15) is 12.7 Å². The summed E-state index contributed by atoms with van der Waals surface area (Å²) in [6.07, 6.45) is 4.73. The van der Waals surface area contributed by atoms with Crippen molar-refractivity contribution in [2.24, 2.45) is 0 Å². The Hall–Kier alpha value is -2.24. The van der Waals surface area contributed by atoms with Crippen LogP contribution >= 0.6 is 0 Å². The lowest BCUT2D eigenvalue weighted by Crippen LogP contribution is -2.19. The molecule has 0 spiro atoms. The van der Waals surface area contributed by atoms with E-state index in [-0.39, 0.29) is 5.91 Å². The zero-order chi connectivity index (χ0) is 11.4. The minimum Gasteiger partial charge on any atom is -0.352 e. The zero-order valence-corrected chi connectivity index (χ0v) is 8.79. The molecule has 0 aliphatic carbocycles. The van der Waals surface area contributed by atoms with E-state index in [1.54, 1.807) is 17.2 Å². The molecule has 82 valence electrons. The van der Waals surface area contributed by atoms with Crippen molar-refractivity contribution in [3.8, 4) is 5.82 Å². The van der Waals surface area contributed by atoms with Gasteiger partial charge in [-0.2, -0.15) is 5.10 Å². The van der Waals surface area contributed by atoms with Crippen molar-refractivity contribution in [1.82, 2.24) is 25.1 Å². The Morgan fingerprint density at radius 2 is 2.38 bits per heavy atom. The molecular formula is C10H11N5O. The molecule has 0 unspecified atom stereocenters. The Kier molecular flexibility index (Phi) is 2.90. The Labute approximate surface area is 92.3 Å². The Balaban J connectivity index is 2.08. The fourth-order valence-electron chi connectivity index (χ4n) is 1.21. The third-order valence-corrected chi connectivity index (χ3v) is 2.00. The van der Waals surface area contributed by atoms with E-state index in [2.05, 4.69) is 20.4 Å². The summed E-state index contributed by atoms with van der Waals surface area (Å²) in [6, 6.07) is 3.71. The van der Waals surface area contributed by atoms with Crippen LogP contribution in [0.25, 0.3) is 5.82 Å². The minimum absolute atomic E-state index is 0.0552. The highest BCUT2D eigenvalue weighted by molar-refractivity contribution is 5.72. The van der Waals surface area contributed by atoms with Crippen molar-refractivity contribution in [3.05, 3.63) is 36.5 Å². The molecule has 0 radical (unpaired) electrons. The summed E-state index contributed by atoms with van der Waals surface area (Å²) in [5.74, 6) is 0.643. The Morgan fingerprint density at radius 1 is 1.50 bits per heavy atom. The fourth-order valence-corrected chi connectivity index (χ4v) is 1.21. The monoisotopic (exact) mass is 217 g/mol. The molecule has 2 aromatic heterocycles. The molecular weight excluding hydrogens is 206 g/mol. The summed E-state index contributed by atoms with van der Waals surface area (Å²) in [5, 5.41) is 6.67. The van der Waals surface area contributed by atoms with Crippen LogP contribution in [0.1, 0.15) is 12.5 Å². The summed E-state index contributed by atoms with van der Waals surface area (Å²) < 4.78 is 1.57. The molecule has 6 heteroatoms. The van der Waals surface area contributed by atoms with Crippen LogP contribution in [0.4, 0.5) is 0 Å². The van der Waals surface area contributed by atoms with Crippen molar-refractivity contribution in [1.29, 1.82) is 0 Å². The van der Waals surface area contributed by atoms with Crippen LogP contribution < -0.4 is 5.32 Å². The van der Waals surface area contributed by atoms with Crippen LogP contribution in [-0.2, 0) is 11.3 Å². The van der Waals surface area contributed by atoms with Crippen molar-refractivity contribution < 1.29 is 4.79 Å². The molecule has 0 aliphatic heterocycles. The predicted octanol–water partition coefficient (Wildman–Crippen LogP) is 0.298. The number of hydrogen-bond acceptors (Lipinski definition) is 4. The molecule has 1 amide bonds. The first-order valence-electron chi connectivity index (χ1n) is 4.80. The van der Waals surface area contributed by atoms with Gasteiger partial charge >= 0.3 is 0 Å². The normalized spacial score (nSPS) is 10.1. The van der Waals surface area contributed by atoms with Gasteiger partial charge in [0.25, 0.3) is 0 Å². The fraction of sp³-hybridized carbons (Fsp3) is 0.200. The van der Waals surface area contributed by atoms with Crippen LogP contribution in [0, 0.1) is 0 Å². The van der Waals surface area contributed by atoms with E-state index in [0.717, 1.165) is 5.56 Å². The van der Waals surface area contributed by atoms with Gasteiger partial charge in [0.05, 0.1) is 0 Å². The third kappa shape index (κ3) is 2.41. The second-order valence-corrected chi connectivity index (χ2v) is 3.27. The smallest absolute Gasteiger partial charge is 0.217 e. The molecule has 0 atom stereocenters. The maximum atomic E-state index is 10.7. The van der Waals surface area contributed by atoms with Crippen molar-refractivity contribution >= 4 is 5.91 Å². The Morgan fingerprint density at radius 3 is 2.94 bits per heavy atom. The molecule has 16 heavy (non-hydrogen) atoms. The number of carbonyl (C=O) groups excluding carboxylic acids is 1. The highest BCUT2D eigenvalue weighted by Crippen LogP contribution is 2.03. The molecule has 2 heterocycles. The van der Waals surface area contributed by atoms with E-state index in [9.17, 15) is 4.79 Å². The van der Waals surface area contributed by atoms with Gasteiger partial charge in [-0.3, -0.25) is 4.79 Å². The number of nitrogens with zero attached hydrogens (tertiary/aromatic N) is 4. The van der Waals surface area contributed by atoms with Crippen LogP contribution in [0.2, 0.25) is 0 Å². The summed E-state index contributed by atoms with van der Waals surface area (Å²) in [5.41, 5.74) is 0.944. The maximum Gasteiger partial charge on any atom is 0.217 e. The SMILES string of the molecule is CC(=O)NCc1ccc(-n2cncn2)nc1. The first-order chi connectivity index (χ1) is 7.75. The number of nitrogens with one attached hydrogen (secondary N) is 1. The van der Waals surface area contributed by atoms with Crippen molar-refractivity contribution in [2.75, 3.05) is 0 Å². The van der Waals surface area contributed by atoms with Gasteiger partial charge in [-0.05, 0) is 11.6 Å². The predicted molar refractivity (Wildman–Crippen MR) is 56.7 cm³/mol. The van der Waals surface area contributed by atoms with Crippen LogP contribution in [0.15, 0.2) is 31.0 Å². The number of rotatable bonds is 3. The van der Waals surface area contributed by atoms with Crippen LogP contribution in [0.3, 0.4) is 0 Å². The largest absolute Gasteiger partial charge is 0.352 e. The summed E-state index contributed by atoms with van der Waals surface area (Å²) in [6.45, 7) is 1.97. The van der Waals surface area contributed by atoms with Gasteiger partial charge in [0.2, 0.25) is 5.91 Å². The molecule has 0 aromatic carbocycles. The second-order valence-electron chi connectivity index (χ2n) is 3.27. The number of aromatic nitrogens is 4. The second kappa shape index (κ2) is 4.52. The van der Waals surface area contributed by atoms with Gasteiger partial charge < -0.3 is 5.32 Å². The van der Waals surface area contributed by atoms with Crippen LogP contribution in [0.5, 0.6) is 0 Å². The quantitative estimate of drug-likeness (QED) is 0.802. The van der Waals surface area contributed by atoms with E-state index in [1.807, 2.05) is 12.1 Å². The van der Waals surface area contributed by atoms with Crippen molar-refractivity contribution in [3.63, 3.8) is 0 Å². The van der Waals surface area contributed by atoms with E-state index in [0.29, 0.717) is 12.4 Å². The van der Waals surface area contributed by atoms with Gasteiger partial charge in [0.15, 0.2) is 5.82 Å². The average Bonchev–Trinajstić information content (AvgIpc) is 2.80. The molecule has 0 saturated carbocycles. The van der Waals surface area contributed by atoms with Gasteiger partial charge in [-0.25, -0.2) is 14.6 Å². The minimum atomic E-state index is -0.0552. The summed E-state index contributed by atoms with van der Waals surface area (Å²) >= 11 is 0. The van der Waals surface area contributed by atoms with Crippen LogP contribution in [-0.4, -0.2) is 25.7 Å². The molecule has 0 saturated heterocycles. The number of carbonyl (C=O) groups is 1. The molecule has 1 N–H and O–H groups in total. The molecule has 2 aromatic rings. The first-order valence-corrected chi connectivity index (χ1v) is 4.80. The average molecular weight is 217 g/mol. The number of amides is 1. The topological polar surface area (TPSA) is 72.7 Å². The number of pyridine rings is 1. The molecule has 2 rings (SSSR count). The van der Waals surface area contributed by atoms with E-state index in [1.165, 1.54) is 13.3 Å². The lowest BCUT2D eigenvalue weighted by atomic mass is 10.3. The molecule has 6 nitrogen and oxygen atoms in total. The molecule has 0 fully saturated rings. The Bertz CT molecular complexity index is 462. The summed E-state index contributed by atoms with van der Waals surface area (Å²) in [4.78, 5) is 18.8. The number of hydrogen-bond donors (Lipinski definition) is 1. The molecule has 0 aliphatic rings. The maximum absolute atomic E-state index is 10.7. The highest BCUT2D eigenvalue weighted by atomic mass is 16.1.